The third-order valence-corrected chi connectivity index (χ3v) is 6.12. The van der Waals surface area contributed by atoms with Crippen molar-refractivity contribution in [3.05, 3.63) is 75.8 Å². The maximum absolute atomic E-state index is 13.6. The molecular weight excluding hydrogens is 412 g/mol. The van der Waals surface area contributed by atoms with Crippen molar-refractivity contribution in [3.8, 4) is 0 Å². The van der Waals surface area contributed by atoms with Crippen LogP contribution in [0, 0.1) is 0 Å². The lowest BCUT2D eigenvalue weighted by atomic mass is 10.1. The van der Waals surface area contributed by atoms with Crippen molar-refractivity contribution in [2.24, 2.45) is 0 Å². The highest BCUT2D eigenvalue weighted by atomic mass is 16.2. The number of carbonyl (C=O) groups excluding carboxylic acids is 1. The Hall–Kier alpha value is -2.99. The molecule has 0 fully saturated rings. The Morgan fingerprint density at radius 3 is 2.36 bits per heavy atom. The molecule has 33 heavy (non-hydrogen) atoms. The zero-order valence-corrected chi connectivity index (χ0v) is 20.5. The van der Waals surface area contributed by atoms with Gasteiger partial charge in [-0.2, -0.15) is 0 Å². The first-order valence-corrected chi connectivity index (χ1v) is 11.9. The molecule has 1 amide bonds. The molecule has 0 radical (unpaired) electrons. The minimum Gasteiger partial charge on any atom is -0.327 e. The van der Waals surface area contributed by atoms with Crippen molar-refractivity contribution >= 4 is 16.8 Å². The standard InChI is InChI=1S/C27H36N4O2/c1-6-8-11-21-14-16-22(17-15-21)26(32)31(19-18-29(4)5)20(3)25-28-24-13-10-9-12-23(24)27(33)30(25)7-2/h9-10,12-17,20H,6-8,11,18-19H2,1-5H3. The van der Waals surface area contributed by atoms with E-state index in [1.54, 1.807) is 10.6 Å². The number of para-hydroxylation sites is 1. The van der Waals surface area contributed by atoms with Crippen molar-refractivity contribution in [1.82, 2.24) is 19.4 Å². The number of aromatic nitrogens is 2. The van der Waals surface area contributed by atoms with E-state index >= 15 is 0 Å². The van der Waals surface area contributed by atoms with Crippen LogP contribution in [0.15, 0.2) is 53.3 Å². The Balaban J connectivity index is 2.00. The second-order valence-corrected chi connectivity index (χ2v) is 8.81. The zero-order chi connectivity index (χ0) is 24.0. The van der Waals surface area contributed by atoms with E-state index in [1.165, 1.54) is 5.56 Å². The van der Waals surface area contributed by atoms with E-state index in [2.05, 4.69) is 11.8 Å². The lowest BCUT2D eigenvalue weighted by molar-refractivity contribution is 0.0665. The highest BCUT2D eigenvalue weighted by Gasteiger charge is 2.26. The van der Waals surface area contributed by atoms with Gasteiger partial charge >= 0.3 is 0 Å². The Kier molecular flexibility index (Phi) is 8.39. The van der Waals surface area contributed by atoms with E-state index in [-0.39, 0.29) is 17.5 Å². The van der Waals surface area contributed by atoms with Crippen LogP contribution < -0.4 is 5.56 Å². The minimum atomic E-state index is -0.352. The summed E-state index contributed by atoms with van der Waals surface area (Å²) in [5.74, 6) is 0.573. The second kappa shape index (κ2) is 11.2. The molecule has 176 valence electrons. The van der Waals surface area contributed by atoms with Gasteiger partial charge in [-0.3, -0.25) is 14.2 Å². The van der Waals surface area contributed by atoms with Crippen LogP contribution >= 0.6 is 0 Å². The van der Waals surface area contributed by atoms with Crippen molar-refractivity contribution < 1.29 is 4.79 Å². The molecule has 1 unspecified atom stereocenters. The van der Waals surface area contributed by atoms with Gasteiger partial charge in [0.1, 0.15) is 5.82 Å². The van der Waals surface area contributed by atoms with Gasteiger partial charge in [0.05, 0.1) is 16.9 Å². The number of rotatable bonds is 10. The van der Waals surface area contributed by atoms with Gasteiger partial charge in [0, 0.05) is 25.2 Å². The van der Waals surface area contributed by atoms with Gasteiger partial charge in [-0.25, -0.2) is 4.98 Å². The highest BCUT2D eigenvalue weighted by molar-refractivity contribution is 5.94. The van der Waals surface area contributed by atoms with Crippen LogP contribution in [0.5, 0.6) is 0 Å². The van der Waals surface area contributed by atoms with Crippen LogP contribution in [0.2, 0.25) is 0 Å². The summed E-state index contributed by atoms with van der Waals surface area (Å²) in [7, 11) is 3.98. The molecule has 0 aliphatic heterocycles. The maximum Gasteiger partial charge on any atom is 0.261 e. The second-order valence-electron chi connectivity index (χ2n) is 8.81. The van der Waals surface area contributed by atoms with Gasteiger partial charge < -0.3 is 9.80 Å². The van der Waals surface area contributed by atoms with Gasteiger partial charge in [0.25, 0.3) is 11.5 Å². The Bertz CT molecular complexity index is 1140. The Morgan fingerprint density at radius 1 is 1.03 bits per heavy atom. The molecule has 0 bridgehead atoms. The third-order valence-electron chi connectivity index (χ3n) is 6.12. The first-order valence-electron chi connectivity index (χ1n) is 11.9. The quantitative estimate of drug-likeness (QED) is 0.457. The zero-order valence-electron chi connectivity index (χ0n) is 20.5. The summed E-state index contributed by atoms with van der Waals surface area (Å²) in [5, 5.41) is 0.601. The first kappa shape index (κ1) is 24.6. The summed E-state index contributed by atoms with van der Waals surface area (Å²) < 4.78 is 1.69. The SMILES string of the molecule is CCCCc1ccc(C(=O)N(CCN(C)C)C(C)c2nc3ccccc3c(=O)n2CC)cc1. The van der Waals surface area contributed by atoms with E-state index in [9.17, 15) is 9.59 Å². The molecule has 1 atom stereocenters. The monoisotopic (exact) mass is 448 g/mol. The Morgan fingerprint density at radius 2 is 1.73 bits per heavy atom. The maximum atomic E-state index is 13.6. The fourth-order valence-corrected chi connectivity index (χ4v) is 4.09. The number of hydrogen-bond donors (Lipinski definition) is 0. The number of nitrogens with zero attached hydrogens (tertiary/aromatic N) is 4. The normalized spacial score (nSPS) is 12.3. The number of aryl methyl sites for hydroxylation is 1. The average Bonchev–Trinajstić information content (AvgIpc) is 2.82. The summed E-state index contributed by atoms with van der Waals surface area (Å²) >= 11 is 0. The summed E-state index contributed by atoms with van der Waals surface area (Å²) in [4.78, 5) is 35.5. The summed E-state index contributed by atoms with van der Waals surface area (Å²) in [5.41, 5.74) is 2.50. The molecule has 3 aromatic rings. The number of carbonyl (C=O) groups is 1. The molecule has 1 aromatic heterocycles. The number of hydrogen-bond acceptors (Lipinski definition) is 4. The number of benzene rings is 2. The number of unbranched alkanes of at least 4 members (excludes halogenated alkanes) is 1. The first-order chi connectivity index (χ1) is 15.9. The van der Waals surface area contributed by atoms with E-state index in [0.717, 1.165) is 19.3 Å². The molecule has 6 nitrogen and oxygen atoms in total. The molecule has 0 saturated carbocycles. The third kappa shape index (κ3) is 5.69. The highest BCUT2D eigenvalue weighted by Crippen LogP contribution is 2.23. The van der Waals surface area contributed by atoms with Gasteiger partial charge in [0.2, 0.25) is 0 Å². The van der Waals surface area contributed by atoms with Crippen LogP contribution in [0.4, 0.5) is 0 Å². The predicted octanol–water partition coefficient (Wildman–Crippen LogP) is 4.52. The van der Waals surface area contributed by atoms with Gasteiger partial charge in [-0.05, 0) is 70.6 Å². The molecule has 0 aliphatic carbocycles. The molecule has 6 heteroatoms. The molecule has 0 N–H and O–H groups in total. The fourth-order valence-electron chi connectivity index (χ4n) is 4.09. The summed E-state index contributed by atoms with van der Waals surface area (Å²) in [6.45, 7) is 7.84. The predicted molar refractivity (Wildman–Crippen MR) is 135 cm³/mol. The largest absolute Gasteiger partial charge is 0.327 e. The van der Waals surface area contributed by atoms with Crippen LogP contribution in [-0.2, 0) is 13.0 Å². The molecular formula is C27H36N4O2. The molecule has 0 aliphatic rings. The molecule has 0 saturated heterocycles. The van der Waals surface area contributed by atoms with Crippen molar-refractivity contribution in [2.45, 2.75) is 52.6 Å². The van der Waals surface area contributed by atoms with Crippen LogP contribution in [-0.4, -0.2) is 52.4 Å². The van der Waals surface area contributed by atoms with E-state index in [4.69, 9.17) is 4.98 Å². The smallest absolute Gasteiger partial charge is 0.261 e. The van der Waals surface area contributed by atoms with Crippen molar-refractivity contribution in [3.63, 3.8) is 0 Å². The minimum absolute atomic E-state index is 0.0450. The Labute approximate surface area is 196 Å². The summed E-state index contributed by atoms with van der Waals surface area (Å²) in [6, 6.07) is 15.0. The van der Waals surface area contributed by atoms with Gasteiger partial charge in [-0.1, -0.05) is 37.6 Å². The lowest BCUT2D eigenvalue weighted by Gasteiger charge is -2.31. The number of amides is 1. The van der Waals surface area contributed by atoms with Gasteiger partial charge in [0.15, 0.2) is 0 Å². The molecule has 0 spiro atoms. The van der Waals surface area contributed by atoms with Crippen LogP contribution in [0.1, 0.15) is 61.4 Å². The van der Waals surface area contributed by atoms with Crippen molar-refractivity contribution in [1.29, 1.82) is 0 Å². The van der Waals surface area contributed by atoms with E-state index in [1.807, 2.05) is 75.3 Å². The molecule has 2 aromatic carbocycles. The fraction of sp³-hybridized carbons (Fsp3) is 0.444. The lowest BCUT2D eigenvalue weighted by Crippen LogP contribution is -2.41. The van der Waals surface area contributed by atoms with Crippen LogP contribution in [0.3, 0.4) is 0 Å². The average molecular weight is 449 g/mol. The molecule has 1 heterocycles. The van der Waals surface area contributed by atoms with E-state index < -0.39 is 0 Å². The molecule has 3 rings (SSSR count). The van der Waals surface area contributed by atoms with Crippen LogP contribution in [0.25, 0.3) is 10.9 Å². The number of fused-ring (bicyclic) bond motifs is 1. The topological polar surface area (TPSA) is 58.4 Å². The number of likely N-dealkylation sites (N-methyl/N-ethyl adjacent to an activating group) is 1. The van der Waals surface area contributed by atoms with Gasteiger partial charge in [-0.15, -0.1) is 0 Å². The van der Waals surface area contributed by atoms with E-state index in [0.29, 0.717) is 41.9 Å². The van der Waals surface area contributed by atoms with Crippen molar-refractivity contribution in [2.75, 3.05) is 27.2 Å². The summed E-state index contributed by atoms with van der Waals surface area (Å²) in [6.07, 6.45) is 3.31.